The Morgan fingerprint density at radius 3 is 3.00 bits per heavy atom. The molecule has 1 saturated carbocycles. The van der Waals surface area contributed by atoms with E-state index in [0.29, 0.717) is 0 Å². The van der Waals surface area contributed by atoms with Gasteiger partial charge in [0.2, 0.25) is 0 Å². The molecule has 3 atom stereocenters. The molecule has 1 N–H and O–H groups in total. The van der Waals surface area contributed by atoms with Gasteiger partial charge < -0.3 is 5.32 Å². The summed E-state index contributed by atoms with van der Waals surface area (Å²) in [4.78, 5) is 0. The van der Waals surface area contributed by atoms with Gasteiger partial charge in [-0.05, 0) is 25.2 Å². The molecule has 0 aromatic rings. The van der Waals surface area contributed by atoms with Crippen LogP contribution in [0.25, 0.3) is 0 Å². The Labute approximate surface area is 68.0 Å². The number of rotatable bonds is 1. The minimum Gasteiger partial charge on any atom is -0.310 e. The van der Waals surface area contributed by atoms with Crippen molar-refractivity contribution in [2.45, 2.75) is 37.8 Å². The second-order valence-electron chi connectivity index (χ2n) is 3.58. The number of hydrogen-bond acceptors (Lipinski definition) is 2. The van der Waals surface area contributed by atoms with Gasteiger partial charge in [-0.15, -0.1) is 0 Å². The van der Waals surface area contributed by atoms with Crippen LogP contribution in [0.1, 0.15) is 25.7 Å². The number of nitrogens with one attached hydrogen (secondary N) is 1. The first-order valence-electron chi connectivity index (χ1n) is 4.27. The summed E-state index contributed by atoms with van der Waals surface area (Å²) in [6.07, 6.45) is 5.70. The van der Waals surface area contributed by atoms with Crippen molar-refractivity contribution in [1.82, 2.24) is 5.32 Å². The lowest BCUT2D eigenvalue weighted by molar-refractivity contribution is 0.518. The highest BCUT2D eigenvalue weighted by Gasteiger charge is 2.35. The van der Waals surface area contributed by atoms with Crippen LogP contribution in [-0.4, -0.2) is 17.8 Å². The fraction of sp³-hybridized carbons (Fsp3) is 1.00. The van der Waals surface area contributed by atoms with Crippen LogP contribution in [0.4, 0.5) is 0 Å². The van der Waals surface area contributed by atoms with Crippen molar-refractivity contribution in [3.8, 4) is 0 Å². The Morgan fingerprint density at radius 1 is 1.40 bits per heavy atom. The maximum absolute atomic E-state index is 4.30. The van der Waals surface area contributed by atoms with E-state index in [1.165, 1.54) is 25.7 Å². The highest BCUT2D eigenvalue weighted by molar-refractivity contribution is 7.80. The first kappa shape index (κ1) is 6.99. The summed E-state index contributed by atoms with van der Waals surface area (Å²) in [6, 6.07) is 1.58. The molecule has 58 valence electrons. The summed E-state index contributed by atoms with van der Waals surface area (Å²) in [5, 5.41) is 3.63. The van der Waals surface area contributed by atoms with Crippen molar-refractivity contribution in [2.24, 2.45) is 5.92 Å². The zero-order valence-electron chi connectivity index (χ0n) is 6.21. The predicted molar refractivity (Wildman–Crippen MR) is 46.5 cm³/mol. The molecule has 1 aliphatic heterocycles. The van der Waals surface area contributed by atoms with E-state index < -0.39 is 0 Å². The van der Waals surface area contributed by atoms with Gasteiger partial charge in [0.05, 0.1) is 0 Å². The zero-order valence-corrected chi connectivity index (χ0v) is 7.11. The maximum Gasteiger partial charge on any atom is 0.0161 e. The lowest BCUT2D eigenvalue weighted by Crippen LogP contribution is -2.30. The SMILES string of the molecule is SC[C@@H]1C[C@@H]2CCC[C@@H]2N1. The topological polar surface area (TPSA) is 12.0 Å². The van der Waals surface area contributed by atoms with Crippen molar-refractivity contribution in [3.05, 3.63) is 0 Å². The predicted octanol–water partition coefficient (Wildman–Crippen LogP) is 1.45. The molecule has 1 heterocycles. The third-order valence-corrected chi connectivity index (χ3v) is 3.36. The molecule has 2 rings (SSSR count). The highest BCUT2D eigenvalue weighted by Crippen LogP contribution is 2.34. The van der Waals surface area contributed by atoms with Crippen molar-refractivity contribution in [1.29, 1.82) is 0 Å². The van der Waals surface area contributed by atoms with E-state index in [2.05, 4.69) is 17.9 Å². The lowest BCUT2D eigenvalue weighted by atomic mass is 10.0. The van der Waals surface area contributed by atoms with Gasteiger partial charge in [-0.3, -0.25) is 0 Å². The molecule has 0 aromatic carbocycles. The normalized spacial score (nSPS) is 45.9. The van der Waals surface area contributed by atoms with Gasteiger partial charge in [0.25, 0.3) is 0 Å². The van der Waals surface area contributed by atoms with Crippen LogP contribution in [0.15, 0.2) is 0 Å². The smallest absolute Gasteiger partial charge is 0.0161 e. The van der Waals surface area contributed by atoms with Crippen molar-refractivity contribution in [3.63, 3.8) is 0 Å². The summed E-state index contributed by atoms with van der Waals surface area (Å²) in [5.74, 6) is 2.02. The molecule has 1 aliphatic carbocycles. The molecule has 2 aliphatic rings. The fourth-order valence-corrected chi connectivity index (χ4v) is 2.66. The van der Waals surface area contributed by atoms with Crippen LogP contribution in [0.2, 0.25) is 0 Å². The van der Waals surface area contributed by atoms with Crippen LogP contribution in [0.3, 0.4) is 0 Å². The molecule has 1 nitrogen and oxygen atoms in total. The summed E-state index contributed by atoms with van der Waals surface area (Å²) in [5.41, 5.74) is 0. The van der Waals surface area contributed by atoms with Crippen molar-refractivity contribution < 1.29 is 0 Å². The van der Waals surface area contributed by atoms with E-state index in [9.17, 15) is 0 Å². The van der Waals surface area contributed by atoms with Crippen LogP contribution in [0.5, 0.6) is 0 Å². The van der Waals surface area contributed by atoms with Gasteiger partial charge in [-0.25, -0.2) is 0 Å². The summed E-state index contributed by atoms with van der Waals surface area (Å²) >= 11 is 4.30. The summed E-state index contributed by atoms with van der Waals surface area (Å²) in [6.45, 7) is 0. The molecule has 0 spiro atoms. The third kappa shape index (κ3) is 1.08. The summed E-state index contributed by atoms with van der Waals surface area (Å²) in [7, 11) is 0. The van der Waals surface area contributed by atoms with Gasteiger partial charge in [-0.2, -0.15) is 12.6 Å². The molecule has 0 radical (unpaired) electrons. The highest BCUT2D eigenvalue weighted by atomic mass is 32.1. The minimum absolute atomic E-state index is 0.721. The van der Waals surface area contributed by atoms with E-state index in [0.717, 1.165) is 23.8 Å². The molecule has 1 saturated heterocycles. The Kier molecular flexibility index (Phi) is 1.92. The first-order chi connectivity index (χ1) is 4.90. The molecular weight excluding hydrogens is 142 g/mol. The molecule has 2 heteroatoms. The number of hydrogen-bond donors (Lipinski definition) is 2. The largest absolute Gasteiger partial charge is 0.310 e. The number of thiol groups is 1. The second kappa shape index (κ2) is 2.74. The van der Waals surface area contributed by atoms with Crippen LogP contribution in [-0.2, 0) is 0 Å². The minimum atomic E-state index is 0.721. The van der Waals surface area contributed by atoms with Crippen LogP contribution >= 0.6 is 12.6 Å². The molecule has 0 aromatic heterocycles. The molecular formula is C8H15NS. The average Bonchev–Trinajstić information content (AvgIpc) is 2.42. The van der Waals surface area contributed by atoms with Gasteiger partial charge >= 0.3 is 0 Å². The Morgan fingerprint density at radius 2 is 2.30 bits per heavy atom. The number of fused-ring (bicyclic) bond motifs is 1. The zero-order chi connectivity index (χ0) is 6.97. The molecule has 0 bridgehead atoms. The van der Waals surface area contributed by atoms with Crippen LogP contribution < -0.4 is 5.32 Å². The van der Waals surface area contributed by atoms with E-state index in [-0.39, 0.29) is 0 Å². The van der Waals surface area contributed by atoms with Gasteiger partial charge in [0, 0.05) is 17.8 Å². The fourth-order valence-electron chi connectivity index (χ4n) is 2.40. The van der Waals surface area contributed by atoms with Gasteiger partial charge in [0.15, 0.2) is 0 Å². The standard InChI is InChI=1S/C8H15NS/c10-5-7-4-6-2-1-3-8(6)9-7/h6-10H,1-5H2/t6-,7-,8-/m0/s1. The third-order valence-electron chi connectivity index (χ3n) is 2.92. The summed E-state index contributed by atoms with van der Waals surface area (Å²) < 4.78 is 0. The molecule has 0 unspecified atom stereocenters. The second-order valence-corrected chi connectivity index (χ2v) is 3.94. The average molecular weight is 157 g/mol. The van der Waals surface area contributed by atoms with Crippen molar-refractivity contribution in [2.75, 3.05) is 5.75 Å². The lowest BCUT2D eigenvalue weighted by Gasteiger charge is -2.08. The quantitative estimate of drug-likeness (QED) is 0.549. The Hall–Kier alpha value is 0.310. The van der Waals surface area contributed by atoms with Crippen LogP contribution in [0, 0.1) is 5.92 Å². The van der Waals surface area contributed by atoms with Gasteiger partial charge in [-0.1, -0.05) is 6.42 Å². The first-order valence-corrected chi connectivity index (χ1v) is 4.90. The van der Waals surface area contributed by atoms with Crippen molar-refractivity contribution >= 4 is 12.6 Å². The molecule has 10 heavy (non-hydrogen) atoms. The maximum atomic E-state index is 4.30. The Balaban J connectivity index is 1.94. The van der Waals surface area contributed by atoms with E-state index >= 15 is 0 Å². The van der Waals surface area contributed by atoms with Gasteiger partial charge in [0.1, 0.15) is 0 Å². The Bertz CT molecular complexity index is 114. The molecule has 0 amide bonds. The monoisotopic (exact) mass is 157 g/mol. The van der Waals surface area contributed by atoms with E-state index in [1.54, 1.807) is 0 Å². The van der Waals surface area contributed by atoms with E-state index in [1.807, 2.05) is 0 Å². The van der Waals surface area contributed by atoms with E-state index in [4.69, 9.17) is 0 Å². The molecule has 2 fully saturated rings.